The van der Waals surface area contributed by atoms with Gasteiger partial charge in [-0.2, -0.15) is 0 Å². The third kappa shape index (κ3) is 3.27. The number of rotatable bonds is 5. The summed E-state index contributed by atoms with van der Waals surface area (Å²) in [7, 11) is 0. The topological polar surface area (TPSA) is 50.4 Å². The monoisotopic (exact) mass is 302 g/mol. The van der Waals surface area contributed by atoms with Crippen molar-refractivity contribution in [2.45, 2.75) is 56.6 Å². The van der Waals surface area contributed by atoms with Crippen molar-refractivity contribution in [1.82, 2.24) is 10.6 Å². The molecule has 22 heavy (non-hydrogen) atoms. The number of urea groups is 1. The maximum Gasteiger partial charge on any atom is 0.315 e. The van der Waals surface area contributed by atoms with Crippen LogP contribution in [0.5, 0.6) is 0 Å². The number of ether oxygens (including phenoxy) is 1. The van der Waals surface area contributed by atoms with Crippen molar-refractivity contribution in [1.29, 1.82) is 0 Å². The summed E-state index contributed by atoms with van der Waals surface area (Å²) in [4.78, 5) is 12.2. The summed E-state index contributed by atoms with van der Waals surface area (Å²) in [6.45, 7) is 3.54. The Labute approximate surface area is 132 Å². The van der Waals surface area contributed by atoms with Gasteiger partial charge in [-0.05, 0) is 38.2 Å². The Morgan fingerprint density at radius 1 is 1.32 bits per heavy atom. The molecule has 1 aliphatic carbocycles. The molecule has 1 aromatic rings. The van der Waals surface area contributed by atoms with Gasteiger partial charge in [-0.3, -0.25) is 0 Å². The lowest BCUT2D eigenvalue weighted by Gasteiger charge is -2.42. The average Bonchev–Trinajstić information content (AvgIpc) is 3.01. The first-order chi connectivity index (χ1) is 10.7. The Balaban J connectivity index is 1.51. The van der Waals surface area contributed by atoms with Gasteiger partial charge >= 0.3 is 6.03 Å². The number of nitrogens with one attached hydrogen (secondary N) is 2. The molecule has 0 radical (unpaired) electrons. The quantitative estimate of drug-likeness (QED) is 0.878. The molecule has 0 spiro atoms. The summed E-state index contributed by atoms with van der Waals surface area (Å²) in [5, 5.41) is 6.09. The van der Waals surface area contributed by atoms with Gasteiger partial charge in [0.2, 0.25) is 0 Å². The predicted molar refractivity (Wildman–Crippen MR) is 86.9 cm³/mol. The molecule has 0 bridgehead atoms. The Bertz CT molecular complexity index is 493. The van der Waals surface area contributed by atoms with Crippen LogP contribution in [0.2, 0.25) is 0 Å². The third-order valence-electron chi connectivity index (χ3n) is 5.17. The molecular formula is C18H26N2O2. The van der Waals surface area contributed by atoms with E-state index in [0.717, 1.165) is 32.3 Å². The molecule has 2 atom stereocenters. The number of carbonyl (C=O) groups excluding carboxylic acids is 1. The predicted octanol–water partition coefficient (Wildman–Crippen LogP) is 2.98. The third-order valence-corrected chi connectivity index (χ3v) is 5.17. The number of amides is 2. The summed E-state index contributed by atoms with van der Waals surface area (Å²) in [6, 6.07) is 10.5. The first-order valence-electron chi connectivity index (χ1n) is 8.41. The van der Waals surface area contributed by atoms with Crippen LogP contribution in [-0.4, -0.2) is 31.3 Å². The number of hydrogen-bond donors (Lipinski definition) is 2. The van der Waals surface area contributed by atoms with Crippen LogP contribution in [0.4, 0.5) is 4.79 Å². The van der Waals surface area contributed by atoms with Crippen molar-refractivity contribution in [2.24, 2.45) is 0 Å². The molecule has 2 N–H and O–H groups in total. The van der Waals surface area contributed by atoms with Crippen molar-refractivity contribution in [3.8, 4) is 0 Å². The molecule has 2 unspecified atom stereocenters. The average molecular weight is 302 g/mol. The lowest BCUT2D eigenvalue weighted by Crippen LogP contribution is -2.51. The zero-order chi connectivity index (χ0) is 15.4. The van der Waals surface area contributed by atoms with E-state index in [2.05, 4.69) is 34.9 Å². The van der Waals surface area contributed by atoms with Gasteiger partial charge in [0.1, 0.15) is 0 Å². The molecule has 120 valence electrons. The molecule has 2 fully saturated rings. The first-order valence-corrected chi connectivity index (χ1v) is 8.41. The first kappa shape index (κ1) is 15.3. The molecule has 3 rings (SSSR count). The normalized spacial score (nSPS) is 24.3. The van der Waals surface area contributed by atoms with Crippen LogP contribution in [0, 0.1) is 0 Å². The van der Waals surface area contributed by atoms with E-state index in [9.17, 15) is 4.79 Å². The molecule has 4 nitrogen and oxygen atoms in total. The largest absolute Gasteiger partial charge is 0.376 e. The van der Waals surface area contributed by atoms with Gasteiger partial charge in [0.15, 0.2) is 0 Å². The number of benzene rings is 1. The standard InChI is InChI=1S/C18H26N2O2/c1-14(16-9-5-12-22-16)20-17(21)19-13-18(10-6-11-18)15-7-3-2-4-8-15/h2-4,7-8,14,16H,5-6,9-13H2,1H3,(H2,19,20,21). The van der Waals surface area contributed by atoms with Crippen molar-refractivity contribution < 1.29 is 9.53 Å². The molecule has 2 aliphatic rings. The van der Waals surface area contributed by atoms with Gasteiger partial charge in [0.25, 0.3) is 0 Å². The second-order valence-electron chi connectivity index (χ2n) is 6.67. The van der Waals surface area contributed by atoms with Crippen LogP contribution >= 0.6 is 0 Å². The lowest BCUT2D eigenvalue weighted by molar-refractivity contribution is 0.0857. The summed E-state index contributed by atoms with van der Waals surface area (Å²) in [5.74, 6) is 0. The van der Waals surface area contributed by atoms with E-state index < -0.39 is 0 Å². The molecule has 1 saturated carbocycles. The minimum atomic E-state index is -0.0785. The number of carbonyl (C=O) groups is 1. The zero-order valence-corrected chi connectivity index (χ0v) is 13.3. The molecule has 1 heterocycles. The highest BCUT2D eigenvalue weighted by atomic mass is 16.5. The fraction of sp³-hybridized carbons (Fsp3) is 0.611. The summed E-state index contributed by atoms with van der Waals surface area (Å²) in [6.07, 6.45) is 5.84. The van der Waals surface area contributed by atoms with Gasteiger partial charge in [-0.15, -0.1) is 0 Å². The number of hydrogen-bond acceptors (Lipinski definition) is 2. The van der Waals surface area contributed by atoms with E-state index in [0.29, 0.717) is 6.54 Å². The van der Waals surface area contributed by atoms with E-state index >= 15 is 0 Å². The Morgan fingerprint density at radius 2 is 2.09 bits per heavy atom. The summed E-state index contributed by atoms with van der Waals surface area (Å²) < 4.78 is 5.62. The van der Waals surface area contributed by atoms with E-state index in [-0.39, 0.29) is 23.6 Å². The minimum Gasteiger partial charge on any atom is -0.376 e. The molecular weight excluding hydrogens is 276 g/mol. The van der Waals surface area contributed by atoms with Crippen LogP contribution in [0.25, 0.3) is 0 Å². The zero-order valence-electron chi connectivity index (χ0n) is 13.3. The van der Waals surface area contributed by atoms with Crippen molar-refractivity contribution in [2.75, 3.05) is 13.2 Å². The van der Waals surface area contributed by atoms with E-state index in [1.807, 2.05) is 13.0 Å². The highest BCUT2D eigenvalue weighted by Crippen LogP contribution is 2.43. The molecule has 0 aromatic heterocycles. The van der Waals surface area contributed by atoms with Crippen LogP contribution in [-0.2, 0) is 10.2 Å². The smallest absolute Gasteiger partial charge is 0.315 e. The highest BCUT2D eigenvalue weighted by Gasteiger charge is 2.38. The Hall–Kier alpha value is -1.55. The van der Waals surface area contributed by atoms with Crippen molar-refractivity contribution in [3.05, 3.63) is 35.9 Å². The van der Waals surface area contributed by atoms with E-state index in [1.165, 1.54) is 12.0 Å². The summed E-state index contributed by atoms with van der Waals surface area (Å²) >= 11 is 0. The summed E-state index contributed by atoms with van der Waals surface area (Å²) in [5.41, 5.74) is 1.47. The molecule has 4 heteroatoms. The van der Waals surface area contributed by atoms with E-state index in [1.54, 1.807) is 0 Å². The molecule has 2 amide bonds. The van der Waals surface area contributed by atoms with Gasteiger partial charge in [0.05, 0.1) is 12.1 Å². The van der Waals surface area contributed by atoms with E-state index in [4.69, 9.17) is 4.74 Å². The molecule has 1 saturated heterocycles. The fourth-order valence-electron chi connectivity index (χ4n) is 3.56. The Kier molecular flexibility index (Phi) is 4.67. The van der Waals surface area contributed by atoms with Crippen LogP contribution in [0.1, 0.15) is 44.6 Å². The maximum absolute atomic E-state index is 12.2. The SMILES string of the molecule is CC(NC(=O)NCC1(c2ccccc2)CCC1)C1CCCO1. The van der Waals surface area contributed by atoms with Gasteiger partial charge in [0, 0.05) is 18.6 Å². The molecule has 1 aliphatic heterocycles. The van der Waals surface area contributed by atoms with Gasteiger partial charge in [-0.1, -0.05) is 36.8 Å². The van der Waals surface area contributed by atoms with Crippen molar-refractivity contribution >= 4 is 6.03 Å². The van der Waals surface area contributed by atoms with Crippen LogP contribution < -0.4 is 10.6 Å². The Morgan fingerprint density at radius 3 is 2.68 bits per heavy atom. The molecule has 1 aromatic carbocycles. The van der Waals surface area contributed by atoms with Crippen LogP contribution in [0.15, 0.2) is 30.3 Å². The fourth-order valence-corrected chi connectivity index (χ4v) is 3.56. The highest BCUT2D eigenvalue weighted by molar-refractivity contribution is 5.74. The lowest BCUT2D eigenvalue weighted by atomic mass is 9.64. The second-order valence-corrected chi connectivity index (χ2v) is 6.67. The van der Waals surface area contributed by atoms with Gasteiger partial charge < -0.3 is 15.4 Å². The van der Waals surface area contributed by atoms with Gasteiger partial charge in [-0.25, -0.2) is 4.79 Å². The van der Waals surface area contributed by atoms with Crippen molar-refractivity contribution in [3.63, 3.8) is 0 Å². The van der Waals surface area contributed by atoms with Crippen LogP contribution in [0.3, 0.4) is 0 Å². The minimum absolute atomic E-state index is 0.0663. The maximum atomic E-state index is 12.2. The second kappa shape index (κ2) is 6.69.